The summed E-state index contributed by atoms with van der Waals surface area (Å²) in [4.78, 5) is 3.99. The average molecular weight is 323 g/mol. The molecule has 1 heterocycles. The van der Waals surface area contributed by atoms with Crippen molar-refractivity contribution >= 4 is 38.4 Å². The molecule has 21 heavy (non-hydrogen) atoms. The molecule has 3 aromatic rings. The molecule has 0 spiro atoms. The lowest BCUT2D eigenvalue weighted by Gasteiger charge is -2.08. The number of aromatic nitrogens is 1. The molecule has 0 unspecified atom stereocenters. The van der Waals surface area contributed by atoms with E-state index >= 15 is 0 Å². The smallest absolute Gasteiger partial charge is 0.236 e. The van der Waals surface area contributed by atoms with E-state index in [-0.39, 0.29) is 5.75 Å². The fourth-order valence-electron chi connectivity index (χ4n) is 1.94. The van der Waals surface area contributed by atoms with Crippen molar-refractivity contribution in [1.29, 1.82) is 0 Å². The fourth-order valence-corrected chi connectivity index (χ4v) is 3.25. The fraction of sp³-hybridized carbons (Fsp3) is 0.0714. The number of oxazole rings is 1. The zero-order chi connectivity index (χ0) is 14.9. The molecule has 0 amide bonds. The van der Waals surface area contributed by atoms with Gasteiger partial charge in [-0.3, -0.25) is 4.72 Å². The van der Waals surface area contributed by atoms with E-state index in [1.54, 1.807) is 42.5 Å². The molecule has 1 aromatic heterocycles. The Morgan fingerprint density at radius 2 is 1.90 bits per heavy atom. The van der Waals surface area contributed by atoms with Gasteiger partial charge in [0.2, 0.25) is 10.0 Å². The molecule has 0 aliphatic heterocycles. The Balaban J connectivity index is 1.80. The number of nitrogens with zero attached hydrogens (tertiary/aromatic N) is 1. The maximum absolute atomic E-state index is 12.1. The monoisotopic (exact) mass is 322 g/mol. The van der Waals surface area contributed by atoms with Gasteiger partial charge in [0.1, 0.15) is 5.52 Å². The summed E-state index contributed by atoms with van der Waals surface area (Å²) in [5.41, 5.74) is 2.32. The van der Waals surface area contributed by atoms with Gasteiger partial charge in [0.15, 0.2) is 12.0 Å². The van der Waals surface area contributed by atoms with Crippen LogP contribution in [0.3, 0.4) is 0 Å². The van der Waals surface area contributed by atoms with Crippen LogP contribution in [0.1, 0.15) is 5.56 Å². The van der Waals surface area contributed by atoms with E-state index in [2.05, 4.69) is 9.71 Å². The highest BCUT2D eigenvalue weighted by molar-refractivity contribution is 7.91. The van der Waals surface area contributed by atoms with E-state index < -0.39 is 10.0 Å². The van der Waals surface area contributed by atoms with Gasteiger partial charge < -0.3 is 4.42 Å². The highest BCUT2D eigenvalue weighted by Crippen LogP contribution is 2.20. The Morgan fingerprint density at radius 1 is 1.14 bits per heavy atom. The summed E-state index contributed by atoms with van der Waals surface area (Å²) >= 11 is 5.78. The molecule has 108 valence electrons. The van der Waals surface area contributed by atoms with Crippen LogP contribution >= 0.6 is 11.6 Å². The highest BCUT2D eigenvalue weighted by atomic mass is 35.5. The van der Waals surface area contributed by atoms with E-state index in [9.17, 15) is 8.42 Å². The van der Waals surface area contributed by atoms with E-state index in [4.69, 9.17) is 16.0 Å². The number of rotatable bonds is 4. The summed E-state index contributed by atoms with van der Waals surface area (Å²) in [5, 5.41) is 0.570. The number of fused-ring (bicyclic) bond motifs is 1. The molecule has 0 aliphatic carbocycles. The molecule has 3 rings (SSSR count). The van der Waals surface area contributed by atoms with Gasteiger partial charge in [-0.15, -0.1) is 0 Å². The molecule has 2 aromatic carbocycles. The zero-order valence-corrected chi connectivity index (χ0v) is 12.4. The molecule has 7 heteroatoms. The van der Waals surface area contributed by atoms with Crippen molar-refractivity contribution in [1.82, 2.24) is 4.98 Å². The molecule has 1 N–H and O–H groups in total. The predicted octanol–water partition coefficient (Wildman–Crippen LogP) is 3.42. The van der Waals surface area contributed by atoms with Gasteiger partial charge in [-0.2, -0.15) is 0 Å². The normalized spacial score (nSPS) is 11.7. The van der Waals surface area contributed by atoms with Crippen LogP contribution < -0.4 is 4.72 Å². The van der Waals surface area contributed by atoms with Gasteiger partial charge in [0, 0.05) is 5.02 Å². The Kier molecular flexibility index (Phi) is 3.57. The third-order valence-corrected chi connectivity index (χ3v) is 4.39. The van der Waals surface area contributed by atoms with E-state index in [1.165, 1.54) is 6.39 Å². The Morgan fingerprint density at radius 3 is 2.67 bits per heavy atom. The molecule has 0 saturated carbocycles. The lowest BCUT2D eigenvalue weighted by Crippen LogP contribution is -2.14. The maximum atomic E-state index is 12.1. The molecule has 0 radical (unpaired) electrons. The number of halogens is 1. The van der Waals surface area contributed by atoms with Gasteiger partial charge in [-0.25, -0.2) is 13.4 Å². The zero-order valence-electron chi connectivity index (χ0n) is 10.8. The van der Waals surface area contributed by atoms with Gasteiger partial charge in [-0.1, -0.05) is 23.7 Å². The molecule has 0 saturated heterocycles. The lowest BCUT2D eigenvalue weighted by atomic mass is 10.2. The predicted molar refractivity (Wildman–Crippen MR) is 81.7 cm³/mol. The van der Waals surface area contributed by atoms with Gasteiger partial charge in [0.05, 0.1) is 11.4 Å². The van der Waals surface area contributed by atoms with Crippen molar-refractivity contribution in [3.63, 3.8) is 0 Å². The van der Waals surface area contributed by atoms with Crippen molar-refractivity contribution in [3.05, 3.63) is 59.4 Å². The number of hydrogen-bond acceptors (Lipinski definition) is 4. The Bertz CT molecular complexity index is 873. The second-order valence-electron chi connectivity index (χ2n) is 4.52. The summed E-state index contributed by atoms with van der Waals surface area (Å²) < 4.78 is 31.9. The number of hydrogen-bond donors (Lipinski definition) is 1. The van der Waals surface area contributed by atoms with Crippen molar-refractivity contribution in [2.75, 3.05) is 4.72 Å². The first kappa shape index (κ1) is 13.9. The van der Waals surface area contributed by atoms with Crippen molar-refractivity contribution in [2.45, 2.75) is 5.75 Å². The molecular formula is C14H11ClN2O3S. The summed E-state index contributed by atoms with van der Waals surface area (Å²) in [6, 6.07) is 11.6. The molecule has 5 nitrogen and oxygen atoms in total. The van der Waals surface area contributed by atoms with Crippen LogP contribution in [0.5, 0.6) is 0 Å². The van der Waals surface area contributed by atoms with Crippen LogP contribution in [-0.4, -0.2) is 13.4 Å². The van der Waals surface area contributed by atoms with Gasteiger partial charge in [0.25, 0.3) is 0 Å². The third kappa shape index (κ3) is 3.34. The SMILES string of the molecule is O=S(=O)(Cc1ccc(Cl)cc1)Nc1ccc2ocnc2c1. The minimum absolute atomic E-state index is 0.124. The summed E-state index contributed by atoms with van der Waals surface area (Å²) in [6.07, 6.45) is 1.32. The van der Waals surface area contributed by atoms with Crippen LogP contribution in [0, 0.1) is 0 Å². The van der Waals surface area contributed by atoms with Crippen LogP contribution in [0.4, 0.5) is 5.69 Å². The minimum atomic E-state index is -3.50. The quantitative estimate of drug-likeness (QED) is 0.798. The molecule has 0 bridgehead atoms. The van der Waals surface area contributed by atoms with Crippen LogP contribution in [-0.2, 0) is 15.8 Å². The van der Waals surface area contributed by atoms with E-state index in [0.717, 1.165) is 0 Å². The number of sulfonamides is 1. The molecule has 0 fully saturated rings. The van der Waals surface area contributed by atoms with Crippen molar-refractivity contribution < 1.29 is 12.8 Å². The lowest BCUT2D eigenvalue weighted by molar-refractivity contribution is 0.599. The van der Waals surface area contributed by atoms with Crippen LogP contribution in [0.15, 0.2) is 53.3 Å². The summed E-state index contributed by atoms with van der Waals surface area (Å²) in [6.45, 7) is 0. The molecule has 0 atom stereocenters. The standard InChI is InChI=1S/C14H11ClN2O3S/c15-11-3-1-10(2-4-11)8-21(18,19)17-12-5-6-14-13(7-12)16-9-20-14/h1-7,9,17H,8H2. The van der Waals surface area contributed by atoms with Crippen LogP contribution in [0.2, 0.25) is 5.02 Å². The minimum Gasteiger partial charge on any atom is -0.443 e. The molecule has 0 aliphatic rings. The van der Waals surface area contributed by atoms with Gasteiger partial charge in [-0.05, 0) is 35.9 Å². The van der Waals surface area contributed by atoms with Crippen LogP contribution in [0.25, 0.3) is 11.1 Å². The van der Waals surface area contributed by atoms with Crippen molar-refractivity contribution in [3.8, 4) is 0 Å². The number of anilines is 1. The summed E-state index contributed by atoms with van der Waals surface area (Å²) in [7, 11) is -3.50. The maximum Gasteiger partial charge on any atom is 0.236 e. The first-order chi connectivity index (χ1) is 10.0. The Labute approximate surface area is 126 Å². The third-order valence-electron chi connectivity index (χ3n) is 2.87. The Hall–Kier alpha value is -2.05. The topological polar surface area (TPSA) is 72.2 Å². The van der Waals surface area contributed by atoms with Gasteiger partial charge >= 0.3 is 0 Å². The second-order valence-corrected chi connectivity index (χ2v) is 6.68. The first-order valence-electron chi connectivity index (χ1n) is 6.10. The molecular weight excluding hydrogens is 312 g/mol. The highest BCUT2D eigenvalue weighted by Gasteiger charge is 2.12. The largest absolute Gasteiger partial charge is 0.443 e. The van der Waals surface area contributed by atoms with E-state index in [0.29, 0.717) is 27.4 Å². The number of benzene rings is 2. The van der Waals surface area contributed by atoms with Crippen molar-refractivity contribution in [2.24, 2.45) is 0 Å². The second kappa shape index (κ2) is 5.38. The first-order valence-corrected chi connectivity index (χ1v) is 8.13. The average Bonchev–Trinajstić information content (AvgIpc) is 2.88. The van der Waals surface area contributed by atoms with E-state index in [1.807, 2.05) is 0 Å². The summed E-state index contributed by atoms with van der Waals surface area (Å²) in [5.74, 6) is -0.124. The number of nitrogens with one attached hydrogen (secondary N) is 1.